The summed E-state index contributed by atoms with van der Waals surface area (Å²) in [5, 5.41) is 11.4. The van der Waals surface area contributed by atoms with E-state index in [9.17, 15) is 0 Å². The molecule has 0 spiro atoms. The summed E-state index contributed by atoms with van der Waals surface area (Å²) in [5.41, 5.74) is 5.78. The van der Waals surface area contributed by atoms with E-state index in [4.69, 9.17) is 5.11 Å². The van der Waals surface area contributed by atoms with Crippen LogP contribution in [-0.4, -0.2) is 22.2 Å². The van der Waals surface area contributed by atoms with Crippen molar-refractivity contribution in [3.05, 3.63) is 35.4 Å². The molecule has 3 heteroatoms. The number of nitrogens with zero attached hydrogens (tertiary/aromatic N) is 1. The predicted octanol–water partition coefficient (Wildman–Crippen LogP) is 2.45. The molecule has 1 saturated heterocycles. The Morgan fingerprint density at radius 3 is 2.22 bits per heavy atom. The Bertz CT molecular complexity index is 353. The van der Waals surface area contributed by atoms with Crippen molar-refractivity contribution in [2.45, 2.75) is 58.3 Å². The summed E-state index contributed by atoms with van der Waals surface area (Å²) < 4.78 is 0. The first kappa shape index (κ1) is 13.5. The van der Waals surface area contributed by atoms with Crippen molar-refractivity contribution < 1.29 is 5.11 Å². The predicted molar refractivity (Wildman–Crippen MR) is 73.8 cm³/mol. The number of benzene rings is 1. The van der Waals surface area contributed by atoms with E-state index in [-0.39, 0.29) is 6.61 Å². The van der Waals surface area contributed by atoms with Gasteiger partial charge in [-0.3, -0.25) is 5.43 Å². The van der Waals surface area contributed by atoms with Crippen LogP contribution in [0.1, 0.15) is 44.2 Å². The molecule has 2 rings (SSSR count). The molecule has 2 N–H and O–H groups in total. The van der Waals surface area contributed by atoms with Gasteiger partial charge in [0.2, 0.25) is 0 Å². The number of rotatable bonds is 4. The molecule has 1 heterocycles. The van der Waals surface area contributed by atoms with Gasteiger partial charge in [0, 0.05) is 18.6 Å². The maximum atomic E-state index is 9.01. The zero-order valence-electron chi connectivity index (χ0n) is 11.4. The van der Waals surface area contributed by atoms with Crippen LogP contribution in [0.3, 0.4) is 0 Å². The highest BCUT2D eigenvalue weighted by molar-refractivity contribution is 5.21. The highest BCUT2D eigenvalue weighted by Crippen LogP contribution is 2.20. The third kappa shape index (κ3) is 3.31. The van der Waals surface area contributed by atoms with Crippen molar-refractivity contribution in [1.29, 1.82) is 0 Å². The molecule has 1 aliphatic rings. The normalized spacial score (nSPS) is 25.3. The van der Waals surface area contributed by atoms with Crippen LogP contribution in [0.5, 0.6) is 0 Å². The number of piperidine rings is 1. The molecule has 0 radical (unpaired) electrons. The maximum absolute atomic E-state index is 9.01. The molecule has 100 valence electrons. The lowest BCUT2D eigenvalue weighted by atomic mass is 10.00. The molecule has 1 aromatic rings. The van der Waals surface area contributed by atoms with Crippen molar-refractivity contribution >= 4 is 0 Å². The topological polar surface area (TPSA) is 35.5 Å². The van der Waals surface area contributed by atoms with Crippen LogP contribution in [0.2, 0.25) is 0 Å². The third-order valence-corrected chi connectivity index (χ3v) is 3.86. The second kappa shape index (κ2) is 6.32. The maximum Gasteiger partial charge on any atom is 0.0681 e. The lowest BCUT2D eigenvalue weighted by molar-refractivity contribution is 0.0435. The van der Waals surface area contributed by atoms with Crippen LogP contribution in [0, 0.1) is 0 Å². The standard InChI is InChI=1S/C15H24N2O/c1-12-4-3-5-13(2)17(12)16-10-14-6-8-15(11-18)9-7-14/h6-9,12-13,16,18H,3-5,10-11H2,1-2H3. The molecule has 0 amide bonds. The molecule has 1 aromatic carbocycles. The molecular formula is C15H24N2O. The average Bonchev–Trinajstić information content (AvgIpc) is 2.39. The largest absolute Gasteiger partial charge is 0.392 e. The zero-order valence-corrected chi connectivity index (χ0v) is 11.4. The summed E-state index contributed by atoms with van der Waals surface area (Å²) >= 11 is 0. The van der Waals surface area contributed by atoms with Crippen LogP contribution in [0.15, 0.2) is 24.3 Å². The quantitative estimate of drug-likeness (QED) is 0.859. The fourth-order valence-electron chi connectivity index (χ4n) is 2.68. The van der Waals surface area contributed by atoms with E-state index in [1.54, 1.807) is 0 Å². The van der Waals surface area contributed by atoms with Gasteiger partial charge in [0.15, 0.2) is 0 Å². The van der Waals surface area contributed by atoms with Gasteiger partial charge < -0.3 is 5.11 Å². The van der Waals surface area contributed by atoms with Crippen molar-refractivity contribution in [3.63, 3.8) is 0 Å². The molecule has 0 saturated carbocycles. The molecule has 2 unspecified atom stereocenters. The molecule has 0 aliphatic carbocycles. The van der Waals surface area contributed by atoms with Crippen LogP contribution >= 0.6 is 0 Å². The minimum atomic E-state index is 0.119. The van der Waals surface area contributed by atoms with E-state index in [0.717, 1.165) is 12.1 Å². The smallest absolute Gasteiger partial charge is 0.0681 e. The fourth-order valence-corrected chi connectivity index (χ4v) is 2.68. The second-order valence-electron chi connectivity index (χ2n) is 5.35. The first-order chi connectivity index (χ1) is 8.70. The van der Waals surface area contributed by atoms with E-state index in [1.807, 2.05) is 12.1 Å². The van der Waals surface area contributed by atoms with E-state index in [2.05, 4.69) is 36.4 Å². The Morgan fingerprint density at radius 2 is 1.67 bits per heavy atom. The van der Waals surface area contributed by atoms with Gasteiger partial charge in [0.1, 0.15) is 0 Å². The second-order valence-corrected chi connectivity index (χ2v) is 5.35. The highest BCUT2D eigenvalue weighted by Gasteiger charge is 2.23. The van der Waals surface area contributed by atoms with Crippen molar-refractivity contribution in [3.8, 4) is 0 Å². The van der Waals surface area contributed by atoms with Crippen molar-refractivity contribution in [2.75, 3.05) is 0 Å². The average molecular weight is 248 g/mol. The Hall–Kier alpha value is -0.900. The fraction of sp³-hybridized carbons (Fsp3) is 0.600. The highest BCUT2D eigenvalue weighted by atomic mass is 16.3. The SMILES string of the molecule is CC1CCCC(C)N1NCc1ccc(CO)cc1. The molecule has 1 aliphatic heterocycles. The number of aliphatic hydroxyl groups is 1. The zero-order chi connectivity index (χ0) is 13.0. The number of hydrazine groups is 1. The van der Waals surface area contributed by atoms with Gasteiger partial charge in [-0.2, -0.15) is 0 Å². The van der Waals surface area contributed by atoms with Crippen LogP contribution in [0.25, 0.3) is 0 Å². The van der Waals surface area contributed by atoms with Crippen LogP contribution in [0.4, 0.5) is 0 Å². The van der Waals surface area contributed by atoms with Gasteiger partial charge in [0.25, 0.3) is 0 Å². The minimum absolute atomic E-state index is 0.119. The molecule has 1 fully saturated rings. The lowest BCUT2D eigenvalue weighted by Crippen LogP contribution is -2.51. The molecule has 0 aromatic heterocycles. The Morgan fingerprint density at radius 1 is 1.11 bits per heavy atom. The summed E-state index contributed by atoms with van der Waals surface area (Å²) in [5.74, 6) is 0. The summed E-state index contributed by atoms with van der Waals surface area (Å²) in [6, 6.07) is 9.37. The van der Waals surface area contributed by atoms with Gasteiger partial charge in [-0.25, -0.2) is 5.01 Å². The van der Waals surface area contributed by atoms with Crippen molar-refractivity contribution in [2.24, 2.45) is 0 Å². The Balaban J connectivity index is 1.89. The first-order valence-corrected chi connectivity index (χ1v) is 6.91. The molecular weight excluding hydrogens is 224 g/mol. The molecule has 18 heavy (non-hydrogen) atoms. The first-order valence-electron chi connectivity index (χ1n) is 6.91. The summed E-state index contributed by atoms with van der Waals surface area (Å²) in [6.45, 7) is 5.56. The number of hydrogen-bond donors (Lipinski definition) is 2. The summed E-state index contributed by atoms with van der Waals surface area (Å²) in [7, 11) is 0. The van der Waals surface area contributed by atoms with E-state index in [1.165, 1.54) is 24.8 Å². The Labute approximate surface area is 110 Å². The third-order valence-electron chi connectivity index (χ3n) is 3.86. The monoisotopic (exact) mass is 248 g/mol. The summed E-state index contributed by atoms with van der Waals surface area (Å²) in [6.07, 6.45) is 3.90. The van der Waals surface area contributed by atoms with Crippen molar-refractivity contribution in [1.82, 2.24) is 10.4 Å². The molecule has 3 nitrogen and oxygen atoms in total. The molecule has 2 atom stereocenters. The van der Waals surface area contributed by atoms with Crippen LogP contribution < -0.4 is 5.43 Å². The van der Waals surface area contributed by atoms with Gasteiger partial charge in [-0.05, 0) is 37.8 Å². The number of nitrogens with one attached hydrogen (secondary N) is 1. The number of hydrogen-bond acceptors (Lipinski definition) is 3. The van der Waals surface area contributed by atoms with Gasteiger partial charge >= 0.3 is 0 Å². The minimum Gasteiger partial charge on any atom is -0.392 e. The van der Waals surface area contributed by atoms with E-state index in [0.29, 0.717) is 12.1 Å². The van der Waals surface area contributed by atoms with Gasteiger partial charge in [-0.15, -0.1) is 0 Å². The van der Waals surface area contributed by atoms with Crippen LogP contribution in [-0.2, 0) is 13.2 Å². The summed E-state index contributed by atoms with van der Waals surface area (Å²) in [4.78, 5) is 0. The lowest BCUT2D eigenvalue weighted by Gasteiger charge is -2.39. The number of aliphatic hydroxyl groups excluding tert-OH is 1. The Kier molecular flexibility index (Phi) is 4.75. The van der Waals surface area contributed by atoms with Gasteiger partial charge in [-0.1, -0.05) is 30.7 Å². The van der Waals surface area contributed by atoms with Gasteiger partial charge in [0.05, 0.1) is 6.61 Å². The molecule has 0 bridgehead atoms. The van der Waals surface area contributed by atoms with E-state index < -0.39 is 0 Å². The van der Waals surface area contributed by atoms with E-state index >= 15 is 0 Å².